The zero-order chi connectivity index (χ0) is 44.9. The Morgan fingerprint density at radius 3 is 1.15 bits per heavy atom. The standard InChI is InChI=1S/C57H90O5/c1-4-7-10-13-16-19-22-25-27-28-29-30-31-33-35-38-41-44-47-50-56(58)61-54-55(53-60-52-49-46-43-40-37-34-26-23-20-17-14-11-8-5-2)62-57(59)51-48-45-42-39-36-32-24-21-18-15-12-9-6-3/h7-12,16-21,25-27,29-30,32,34,36,42,45,55H,4-6,13-15,22-24,28,31,33,35,37-41,43-44,46-54H2,1-3H3/b10-7-,11-8-,12-9-,19-16-,20-17-,21-18-,27-25-,30-29-,34-26-,36-32-,45-42-. The Kier molecular flexibility index (Phi) is 48.1. The molecule has 0 aromatic rings. The molecule has 1 atom stereocenters. The smallest absolute Gasteiger partial charge is 0.306 e. The zero-order valence-corrected chi connectivity index (χ0v) is 39.8. The van der Waals surface area contributed by atoms with Crippen LogP contribution in [-0.2, 0) is 23.8 Å². The van der Waals surface area contributed by atoms with E-state index in [2.05, 4.69) is 148 Å². The van der Waals surface area contributed by atoms with Gasteiger partial charge in [0.15, 0.2) is 6.10 Å². The molecule has 0 aromatic carbocycles. The molecule has 1 unspecified atom stereocenters. The van der Waals surface area contributed by atoms with E-state index in [0.717, 1.165) is 122 Å². The predicted octanol–water partition coefficient (Wildman–Crippen LogP) is 16.8. The van der Waals surface area contributed by atoms with Gasteiger partial charge in [-0.3, -0.25) is 9.59 Å². The van der Waals surface area contributed by atoms with Gasteiger partial charge in [0, 0.05) is 19.4 Å². The predicted molar refractivity (Wildman–Crippen MR) is 269 cm³/mol. The molecule has 0 bridgehead atoms. The van der Waals surface area contributed by atoms with Crippen LogP contribution < -0.4 is 0 Å². The van der Waals surface area contributed by atoms with Crippen molar-refractivity contribution in [1.29, 1.82) is 0 Å². The molecule has 0 aliphatic carbocycles. The average Bonchev–Trinajstić information content (AvgIpc) is 3.27. The van der Waals surface area contributed by atoms with Crippen LogP contribution in [0.25, 0.3) is 0 Å². The third-order valence-corrected chi connectivity index (χ3v) is 9.68. The summed E-state index contributed by atoms with van der Waals surface area (Å²) in [5, 5.41) is 0. The molecule has 0 rings (SSSR count). The first-order valence-corrected chi connectivity index (χ1v) is 24.7. The Labute approximate surface area is 381 Å². The maximum Gasteiger partial charge on any atom is 0.306 e. The fourth-order valence-electron chi connectivity index (χ4n) is 6.12. The topological polar surface area (TPSA) is 61.8 Å². The molecule has 0 heterocycles. The maximum absolute atomic E-state index is 12.7. The maximum atomic E-state index is 12.7. The van der Waals surface area contributed by atoms with Gasteiger partial charge in [-0.05, 0) is 116 Å². The molecule has 0 spiro atoms. The van der Waals surface area contributed by atoms with E-state index in [-0.39, 0.29) is 31.6 Å². The van der Waals surface area contributed by atoms with Crippen LogP contribution in [-0.4, -0.2) is 37.9 Å². The third-order valence-electron chi connectivity index (χ3n) is 9.68. The van der Waals surface area contributed by atoms with Crippen LogP contribution in [0.15, 0.2) is 134 Å². The summed E-state index contributed by atoms with van der Waals surface area (Å²) < 4.78 is 17.3. The van der Waals surface area contributed by atoms with Gasteiger partial charge < -0.3 is 14.2 Å². The van der Waals surface area contributed by atoms with E-state index in [1.165, 1.54) is 25.7 Å². The lowest BCUT2D eigenvalue weighted by atomic mass is 10.1. The van der Waals surface area contributed by atoms with Crippen LogP contribution in [0.5, 0.6) is 0 Å². The van der Waals surface area contributed by atoms with Crippen molar-refractivity contribution in [2.24, 2.45) is 0 Å². The molecule has 0 fully saturated rings. The molecule has 0 saturated heterocycles. The van der Waals surface area contributed by atoms with E-state index >= 15 is 0 Å². The lowest BCUT2D eigenvalue weighted by Crippen LogP contribution is -2.30. The average molecular weight is 855 g/mol. The number of carbonyl (C=O) groups excluding carboxylic acids is 2. The van der Waals surface area contributed by atoms with E-state index in [9.17, 15) is 9.59 Å². The van der Waals surface area contributed by atoms with Gasteiger partial charge in [0.05, 0.1) is 6.61 Å². The number of ether oxygens (including phenoxy) is 3. The second-order valence-electron chi connectivity index (χ2n) is 15.6. The number of hydrogen-bond acceptors (Lipinski definition) is 5. The number of carbonyl (C=O) groups is 2. The van der Waals surface area contributed by atoms with E-state index in [1.54, 1.807) is 0 Å². The van der Waals surface area contributed by atoms with Crippen LogP contribution >= 0.6 is 0 Å². The Bertz CT molecular complexity index is 1330. The SMILES string of the molecule is CC/C=C\C/C=C\C/C=C\C/C=C\CCCCCCCCC(=O)OCC(COCCCCCC/C=C\C/C=C\C/C=C\CC)OC(=O)CC/C=C\C/C=C\C/C=C\C/C=C\CC. The first-order valence-electron chi connectivity index (χ1n) is 24.7. The summed E-state index contributed by atoms with van der Waals surface area (Å²) in [4.78, 5) is 25.3. The normalized spacial score (nSPS) is 13.4. The summed E-state index contributed by atoms with van der Waals surface area (Å²) >= 11 is 0. The van der Waals surface area contributed by atoms with Gasteiger partial charge in [-0.25, -0.2) is 0 Å². The highest BCUT2D eigenvalue weighted by atomic mass is 16.6. The van der Waals surface area contributed by atoms with Crippen molar-refractivity contribution in [3.63, 3.8) is 0 Å². The second kappa shape index (κ2) is 51.4. The summed E-state index contributed by atoms with van der Waals surface area (Å²) in [6.07, 6.45) is 73.3. The Hall–Kier alpha value is -3.96. The molecule has 5 nitrogen and oxygen atoms in total. The van der Waals surface area contributed by atoms with Gasteiger partial charge in [0.1, 0.15) is 6.61 Å². The zero-order valence-electron chi connectivity index (χ0n) is 39.8. The first kappa shape index (κ1) is 58.0. The van der Waals surface area contributed by atoms with Gasteiger partial charge in [0.25, 0.3) is 0 Å². The van der Waals surface area contributed by atoms with Crippen molar-refractivity contribution in [2.45, 2.75) is 194 Å². The summed E-state index contributed by atoms with van der Waals surface area (Å²) in [5.74, 6) is -0.532. The Morgan fingerprint density at radius 2 is 0.710 bits per heavy atom. The summed E-state index contributed by atoms with van der Waals surface area (Å²) in [6, 6.07) is 0. The Balaban J connectivity index is 4.42. The molecule has 0 aliphatic heterocycles. The Morgan fingerprint density at radius 1 is 0.355 bits per heavy atom. The van der Waals surface area contributed by atoms with Crippen LogP contribution in [0.1, 0.15) is 188 Å². The molecular formula is C57H90O5. The van der Waals surface area contributed by atoms with Crippen LogP contribution in [0.3, 0.4) is 0 Å². The largest absolute Gasteiger partial charge is 0.462 e. The fraction of sp³-hybridized carbons (Fsp3) is 0.579. The highest BCUT2D eigenvalue weighted by molar-refractivity contribution is 5.70. The highest BCUT2D eigenvalue weighted by Crippen LogP contribution is 2.11. The summed E-state index contributed by atoms with van der Waals surface area (Å²) in [5.41, 5.74) is 0. The molecule has 0 aromatic heterocycles. The van der Waals surface area contributed by atoms with Crippen molar-refractivity contribution in [2.75, 3.05) is 19.8 Å². The number of allylic oxidation sites excluding steroid dienone is 22. The molecule has 0 radical (unpaired) electrons. The molecule has 0 aliphatic rings. The molecule has 0 N–H and O–H groups in total. The van der Waals surface area contributed by atoms with Crippen LogP contribution in [0, 0.1) is 0 Å². The minimum absolute atomic E-state index is 0.0306. The molecular weight excluding hydrogens is 765 g/mol. The lowest BCUT2D eigenvalue weighted by Gasteiger charge is -2.18. The van der Waals surface area contributed by atoms with Gasteiger partial charge in [-0.2, -0.15) is 0 Å². The summed E-state index contributed by atoms with van der Waals surface area (Å²) in [6.45, 7) is 7.32. The molecule has 348 valence electrons. The van der Waals surface area contributed by atoms with Gasteiger partial charge in [-0.15, -0.1) is 0 Å². The minimum atomic E-state index is -0.601. The van der Waals surface area contributed by atoms with Gasteiger partial charge >= 0.3 is 11.9 Å². The van der Waals surface area contributed by atoms with Crippen molar-refractivity contribution < 1.29 is 23.8 Å². The monoisotopic (exact) mass is 855 g/mol. The number of hydrogen-bond donors (Lipinski definition) is 0. The van der Waals surface area contributed by atoms with Crippen LogP contribution in [0.4, 0.5) is 0 Å². The number of unbranched alkanes of at least 4 members (excludes halogenated alkanes) is 10. The number of rotatable bonds is 43. The van der Waals surface area contributed by atoms with Gasteiger partial charge in [-0.1, -0.05) is 193 Å². The second-order valence-corrected chi connectivity index (χ2v) is 15.6. The number of esters is 2. The molecule has 0 saturated carbocycles. The van der Waals surface area contributed by atoms with Gasteiger partial charge in [0.2, 0.25) is 0 Å². The molecule has 0 amide bonds. The van der Waals surface area contributed by atoms with E-state index in [0.29, 0.717) is 19.4 Å². The molecule has 62 heavy (non-hydrogen) atoms. The van der Waals surface area contributed by atoms with E-state index in [4.69, 9.17) is 14.2 Å². The third kappa shape index (κ3) is 48.7. The minimum Gasteiger partial charge on any atom is -0.462 e. The van der Waals surface area contributed by atoms with Crippen molar-refractivity contribution in [3.05, 3.63) is 134 Å². The molecule has 5 heteroatoms. The first-order chi connectivity index (χ1) is 30.6. The van der Waals surface area contributed by atoms with Crippen molar-refractivity contribution in [3.8, 4) is 0 Å². The lowest BCUT2D eigenvalue weighted by molar-refractivity contribution is -0.162. The quantitative estimate of drug-likeness (QED) is 0.0347. The van der Waals surface area contributed by atoms with Crippen LogP contribution in [0.2, 0.25) is 0 Å². The van der Waals surface area contributed by atoms with E-state index in [1.807, 2.05) is 6.08 Å². The summed E-state index contributed by atoms with van der Waals surface area (Å²) in [7, 11) is 0. The highest BCUT2D eigenvalue weighted by Gasteiger charge is 2.17. The van der Waals surface area contributed by atoms with Crippen molar-refractivity contribution in [1.82, 2.24) is 0 Å². The fourth-order valence-corrected chi connectivity index (χ4v) is 6.12. The van der Waals surface area contributed by atoms with E-state index < -0.39 is 6.10 Å². The van der Waals surface area contributed by atoms with Crippen molar-refractivity contribution >= 4 is 11.9 Å².